The van der Waals surface area contributed by atoms with E-state index in [2.05, 4.69) is 133 Å². The Labute approximate surface area is 259 Å². The molecule has 0 spiro atoms. The molecule has 0 N–H and O–H groups in total. The van der Waals surface area contributed by atoms with Crippen LogP contribution >= 0.6 is 14.5 Å². The van der Waals surface area contributed by atoms with E-state index in [1.165, 1.54) is 10.8 Å². The fraction of sp³-hybridized carbons (Fsp3) is 0.103. The largest absolute Gasteiger partial charge is 0.362 e. The van der Waals surface area contributed by atoms with Crippen LogP contribution in [0.3, 0.4) is 0 Å². The van der Waals surface area contributed by atoms with E-state index in [4.69, 9.17) is 9.05 Å². The lowest BCUT2D eigenvalue weighted by Gasteiger charge is -2.38. The first-order valence-corrected chi connectivity index (χ1v) is 18.4. The average molecular weight is 613 g/mol. The van der Waals surface area contributed by atoms with Crippen LogP contribution in [0.2, 0.25) is 0 Å². The number of hydrogen-bond acceptors (Lipinski definition) is 3. The van der Waals surface area contributed by atoms with Crippen LogP contribution in [0.25, 0.3) is 27.1 Å². The van der Waals surface area contributed by atoms with Gasteiger partial charge in [0.25, 0.3) is 0 Å². The van der Waals surface area contributed by atoms with Gasteiger partial charge in [-0.3, -0.25) is 4.57 Å². The van der Waals surface area contributed by atoms with E-state index in [-0.39, 0.29) is 13.2 Å². The minimum atomic E-state index is -3.78. The van der Waals surface area contributed by atoms with E-state index >= 15 is 4.57 Å². The zero-order valence-electron chi connectivity index (χ0n) is 24.9. The fourth-order valence-electron chi connectivity index (χ4n) is 6.69. The first-order valence-electron chi connectivity index (χ1n) is 15.1. The molecule has 0 fully saturated rings. The van der Waals surface area contributed by atoms with E-state index in [0.29, 0.717) is 0 Å². The van der Waals surface area contributed by atoms with Crippen molar-refractivity contribution in [2.75, 3.05) is 13.2 Å². The zero-order valence-corrected chi connectivity index (χ0v) is 26.7. The van der Waals surface area contributed by atoms with Crippen LogP contribution in [0.5, 0.6) is 0 Å². The number of fused-ring (bicyclic) bond motifs is 4. The normalized spacial score (nSPS) is 14.4. The summed E-state index contributed by atoms with van der Waals surface area (Å²) in [4.78, 5) is 0. The molecule has 5 heteroatoms. The third kappa shape index (κ3) is 4.55. The van der Waals surface area contributed by atoms with Gasteiger partial charge in [0.05, 0.1) is 18.2 Å². The number of allylic oxidation sites excluding steroid dienone is 1. The molecule has 0 radical (unpaired) electrons. The Kier molecular flexibility index (Phi) is 7.75. The molecule has 0 aromatic heterocycles. The van der Waals surface area contributed by atoms with E-state index in [9.17, 15) is 0 Å². The molecule has 0 amide bonds. The highest BCUT2D eigenvalue weighted by Gasteiger charge is 2.44. The number of rotatable bonds is 8. The molecule has 3 nitrogen and oxygen atoms in total. The molecule has 44 heavy (non-hydrogen) atoms. The van der Waals surface area contributed by atoms with Crippen molar-refractivity contribution >= 4 is 62.5 Å². The van der Waals surface area contributed by atoms with Gasteiger partial charge in [-0.25, -0.2) is 0 Å². The summed E-state index contributed by atoms with van der Waals surface area (Å²) in [6.45, 7) is 1.60. The van der Waals surface area contributed by atoms with Gasteiger partial charge in [0.15, 0.2) is 0 Å². The van der Waals surface area contributed by atoms with Crippen molar-refractivity contribution in [3.8, 4) is 0 Å². The molecular formula is C39H34O3P2. The number of hydrogen-bond donors (Lipinski definition) is 0. The highest BCUT2D eigenvalue weighted by molar-refractivity contribution is 8.06. The van der Waals surface area contributed by atoms with Gasteiger partial charge in [-0.05, 0) is 87.0 Å². The highest BCUT2D eigenvalue weighted by Crippen LogP contribution is 2.64. The lowest BCUT2D eigenvalue weighted by molar-refractivity contribution is 0.233. The van der Waals surface area contributed by atoms with Gasteiger partial charge in [-0.1, -0.05) is 133 Å². The fourth-order valence-corrected chi connectivity index (χ4v) is 14.9. The molecule has 218 valence electrons. The second-order valence-corrected chi connectivity index (χ2v) is 16.5. The molecule has 6 aromatic rings. The van der Waals surface area contributed by atoms with Crippen LogP contribution in [0.1, 0.15) is 25.0 Å². The molecule has 0 bridgehead atoms. The van der Waals surface area contributed by atoms with Gasteiger partial charge in [0.1, 0.15) is 0 Å². The minimum absolute atomic E-state index is 0.272. The Hall–Kier alpha value is -3.97. The summed E-state index contributed by atoms with van der Waals surface area (Å²) in [5.74, 6) is 0. The monoisotopic (exact) mass is 612 g/mol. The van der Waals surface area contributed by atoms with Crippen molar-refractivity contribution in [3.05, 3.63) is 157 Å². The van der Waals surface area contributed by atoms with Crippen LogP contribution in [0.15, 0.2) is 146 Å². The van der Waals surface area contributed by atoms with Crippen molar-refractivity contribution in [1.82, 2.24) is 0 Å². The molecule has 1 aliphatic heterocycles. The van der Waals surface area contributed by atoms with Crippen LogP contribution < -0.4 is 15.9 Å². The Morgan fingerprint density at radius 1 is 0.568 bits per heavy atom. The predicted molar refractivity (Wildman–Crippen MR) is 190 cm³/mol. The summed E-state index contributed by atoms with van der Waals surface area (Å²) in [6.07, 6.45) is 2.17. The molecule has 0 saturated carbocycles. The van der Waals surface area contributed by atoms with E-state index in [1.807, 2.05) is 26.0 Å². The SMILES string of the molecule is CCOP(=O)(OCC)C1=P(c2ccccc2)(c2ccccc2)c2ccccc2C(c2cc3ccccc3c3ccccc23)=C1. The quantitative estimate of drug-likeness (QED) is 0.127. The van der Waals surface area contributed by atoms with Crippen molar-refractivity contribution in [2.45, 2.75) is 13.8 Å². The molecule has 0 unspecified atom stereocenters. The smallest absolute Gasteiger partial charge is 0.305 e. The third-order valence-corrected chi connectivity index (χ3v) is 16.0. The maximum atomic E-state index is 15.3. The zero-order chi connectivity index (χ0) is 30.1. The lowest BCUT2D eigenvalue weighted by Crippen LogP contribution is -2.34. The summed E-state index contributed by atoms with van der Waals surface area (Å²) in [7, 11) is -3.78. The summed E-state index contributed by atoms with van der Waals surface area (Å²) in [5, 5.41) is 8.84. The first kappa shape index (κ1) is 28.8. The number of benzene rings is 6. The molecule has 0 atom stereocenters. The van der Waals surface area contributed by atoms with Gasteiger partial charge in [-0.2, -0.15) is 0 Å². The molecule has 0 aliphatic carbocycles. The van der Waals surface area contributed by atoms with Crippen molar-refractivity contribution in [1.29, 1.82) is 0 Å². The molecular weight excluding hydrogens is 578 g/mol. The molecule has 7 rings (SSSR count). The highest BCUT2D eigenvalue weighted by atomic mass is 31.2. The van der Waals surface area contributed by atoms with Crippen LogP contribution in [-0.2, 0) is 13.6 Å². The van der Waals surface area contributed by atoms with Gasteiger partial charge < -0.3 is 9.05 Å². The van der Waals surface area contributed by atoms with Gasteiger partial charge in [0.2, 0.25) is 0 Å². The van der Waals surface area contributed by atoms with E-state index in [1.54, 1.807) is 0 Å². The van der Waals surface area contributed by atoms with E-state index in [0.717, 1.165) is 48.4 Å². The molecule has 1 aliphatic rings. The Bertz CT molecular complexity index is 2080. The van der Waals surface area contributed by atoms with Crippen LogP contribution in [0, 0.1) is 0 Å². The maximum absolute atomic E-state index is 15.3. The second kappa shape index (κ2) is 11.8. The molecule has 1 heterocycles. The predicted octanol–water partition coefficient (Wildman–Crippen LogP) is 9.13. The third-order valence-electron chi connectivity index (χ3n) is 8.40. The van der Waals surface area contributed by atoms with E-state index < -0.39 is 14.5 Å². The lowest BCUT2D eigenvalue weighted by atomic mass is 9.90. The first-order chi connectivity index (χ1) is 21.6. The summed E-state index contributed by atoms with van der Waals surface area (Å²) >= 11 is 0. The van der Waals surface area contributed by atoms with Crippen molar-refractivity contribution < 1.29 is 13.6 Å². The van der Waals surface area contributed by atoms with Crippen molar-refractivity contribution in [2.24, 2.45) is 0 Å². The second-order valence-electron chi connectivity index (χ2n) is 10.8. The van der Waals surface area contributed by atoms with Crippen LogP contribution in [0.4, 0.5) is 0 Å². The summed E-state index contributed by atoms with van der Waals surface area (Å²) in [6, 6.07) is 49.1. The maximum Gasteiger partial charge on any atom is 0.362 e. The van der Waals surface area contributed by atoms with Gasteiger partial charge in [-0.15, -0.1) is 0 Å². The van der Waals surface area contributed by atoms with Gasteiger partial charge in [0, 0.05) is 0 Å². The topological polar surface area (TPSA) is 35.5 Å². The Balaban J connectivity index is 1.73. The summed E-state index contributed by atoms with van der Waals surface area (Å²) < 4.78 is 27.8. The van der Waals surface area contributed by atoms with Crippen molar-refractivity contribution in [3.63, 3.8) is 0 Å². The van der Waals surface area contributed by atoms with Crippen LogP contribution in [-0.4, -0.2) is 18.2 Å². The standard InChI is InChI=1S/C39H34O3P2/c1-3-41-44(40,42-4-2)39-28-37(36-27-29-17-11-12-22-32(29)33-23-13-14-24-34(33)36)35-25-15-16-26-38(35)43(39,30-18-7-5-8-19-30)31-20-9-6-10-21-31/h5-28H,3-4H2,1-2H3. The Morgan fingerprint density at radius 3 is 1.73 bits per heavy atom. The average Bonchev–Trinajstić information content (AvgIpc) is 3.08. The van der Waals surface area contributed by atoms with Gasteiger partial charge >= 0.3 is 7.60 Å². The molecule has 0 saturated heterocycles. The summed E-state index contributed by atoms with van der Waals surface area (Å²) in [5.41, 5.74) is 3.26. The minimum Gasteiger partial charge on any atom is -0.305 e. The molecule has 6 aromatic carbocycles. The Morgan fingerprint density at radius 2 is 1.09 bits per heavy atom.